The lowest BCUT2D eigenvalue weighted by atomic mass is 9.44. The number of phenolic OH excluding ortho intramolecular Hbond substituents is 1. The Morgan fingerprint density at radius 1 is 1.18 bits per heavy atom. The van der Waals surface area contributed by atoms with Crippen LogP contribution < -0.4 is 0 Å². The van der Waals surface area contributed by atoms with E-state index < -0.39 is 5.60 Å². The van der Waals surface area contributed by atoms with E-state index in [1.807, 2.05) is 26.0 Å². The molecule has 0 heterocycles. The second kappa shape index (κ2) is 6.98. The van der Waals surface area contributed by atoms with Crippen LogP contribution in [0, 0.1) is 24.2 Å². The maximum absolute atomic E-state index is 11.0. The number of aromatic hydroxyl groups is 1. The number of fused-ring (bicyclic) bond motifs is 2. The van der Waals surface area contributed by atoms with Crippen molar-refractivity contribution < 1.29 is 10.2 Å². The van der Waals surface area contributed by atoms with Gasteiger partial charge in [-0.2, -0.15) is 0 Å². The van der Waals surface area contributed by atoms with E-state index in [1.54, 1.807) is 6.21 Å². The van der Waals surface area contributed by atoms with E-state index in [9.17, 15) is 10.2 Å². The van der Waals surface area contributed by atoms with Gasteiger partial charge in [0.1, 0.15) is 11.4 Å². The van der Waals surface area contributed by atoms with E-state index in [0.29, 0.717) is 30.7 Å². The average molecular weight is 385 g/mol. The number of nitrogens with zero attached hydrogens (tertiary/aromatic N) is 2. The summed E-state index contributed by atoms with van der Waals surface area (Å²) >= 11 is 0. The van der Waals surface area contributed by atoms with E-state index in [0.717, 1.165) is 35.2 Å². The van der Waals surface area contributed by atoms with Gasteiger partial charge in [-0.1, -0.05) is 40.7 Å². The number of hydrogen-bond acceptors (Lipinski definition) is 4. The van der Waals surface area contributed by atoms with Gasteiger partial charge in [0.05, 0.1) is 13.1 Å². The second-order valence-corrected chi connectivity index (χ2v) is 10.5. The van der Waals surface area contributed by atoms with Crippen LogP contribution in [0.3, 0.4) is 0 Å². The average Bonchev–Trinajstić information content (AvgIpc) is 2.56. The zero-order valence-corrected chi connectivity index (χ0v) is 18.5. The van der Waals surface area contributed by atoms with Gasteiger partial charge in [0.15, 0.2) is 0 Å². The molecule has 0 saturated heterocycles. The van der Waals surface area contributed by atoms with E-state index >= 15 is 0 Å². The Bertz CT molecular complexity index is 813. The molecule has 3 saturated carbocycles. The molecule has 3 fully saturated rings. The molecule has 3 atom stereocenters. The summed E-state index contributed by atoms with van der Waals surface area (Å²) in [5.74, 6) is 1.26. The topological polar surface area (TPSA) is 65.2 Å². The normalized spacial score (nSPS) is 30.6. The van der Waals surface area contributed by atoms with E-state index in [4.69, 9.17) is 4.99 Å². The van der Waals surface area contributed by atoms with E-state index in [-0.39, 0.29) is 10.8 Å². The highest BCUT2D eigenvalue weighted by molar-refractivity contribution is 5.94. The van der Waals surface area contributed by atoms with Crippen LogP contribution in [0.4, 0.5) is 0 Å². The summed E-state index contributed by atoms with van der Waals surface area (Å²) < 4.78 is 0. The lowest BCUT2D eigenvalue weighted by Crippen LogP contribution is -2.64. The van der Waals surface area contributed by atoms with Crippen LogP contribution in [0.2, 0.25) is 0 Å². The number of benzene rings is 1. The molecule has 1 aromatic rings. The Morgan fingerprint density at radius 2 is 1.86 bits per heavy atom. The Kier molecular flexibility index (Phi) is 5.24. The molecule has 0 radical (unpaired) electrons. The highest BCUT2D eigenvalue weighted by atomic mass is 16.3. The third-order valence-electron chi connectivity index (χ3n) is 7.03. The SMILES string of the molecule is Cc1cc(C=NCCN=C2C[C@H]3C[C@H](C3(C)C)[C@@]2(C)O)c(O)c(C(C)(C)C)c1. The minimum atomic E-state index is -0.793. The molecule has 154 valence electrons. The maximum atomic E-state index is 11.0. The molecule has 0 aliphatic heterocycles. The van der Waals surface area contributed by atoms with Crippen LogP contribution in [0.15, 0.2) is 22.1 Å². The number of phenols is 1. The smallest absolute Gasteiger partial charge is 0.128 e. The predicted molar refractivity (Wildman–Crippen MR) is 117 cm³/mol. The highest BCUT2D eigenvalue weighted by Crippen LogP contribution is 2.61. The van der Waals surface area contributed by atoms with Gasteiger partial charge in [-0.15, -0.1) is 0 Å². The van der Waals surface area contributed by atoms with Crippen LogP contribution in [-0.4, -0.2) is 40.8 Å². The van der Waals surface area contributed by atoms with Crippen molar-refractivity contribution in [3.63, 3.8) is 0 Å². The Labute approximate surface area is 169 Å². The molecule has 2 N–H and O–H groups in total. The Balaban J connectivity index is 1.66. The molecule has 4 rings (SSSR count). The van der Waals surface area contributed by atoms with Crippen LogP contribution in [0.1, 0.15) is 71.1 Å². The van der Waals surface area contributed by atoms with Gasteiger partial charge in [-0.05, 0) is 61.0 Å². The number of aliphatic imine (C=N–C) groups is 2. The van der Waals surface area contributed by atoms with Gasteiger partial charge in [-0.25, -0.2) is 0 Å². The molecule has 28 heavy (non-hydrogen) atoms. The van der Waals surface area contributed by atoms with Crippen LogP contribution in [-0.2, 0) is 5.41 Å². The molecule has 3 aliphatic carbocycles. The van der Waals surface area contributed by atoms with Crippen molar-refractivity contribution in [2.45, 2.75) is 72.3 Å². The molecule has 1 aromatic carbocycles. The minimum Gasteiger partial charge on any atom is -0.507 e. The fourth-order valence-electron chi connectivity index (χ4n) is 5.06. The van der Waals surface area contributed by atoms with Crippen LogP contribution >= 0.6 is 0 Å². The van der Waals surface area contributed by atoms with E-state index in [1.165, 1.54) is 0 Å². The van der Waals surface area contributed by atoms with E-state index in [2.05, 4.69) is 39.6 Å². The first-order valence-corrected chi connectivity index (χ1v) is 10.4. The number of hydrogen-bond donors (Lipinski definition) is 2. The standard InChI is InChI=1S/C24H36N2O2/c1-15-10-16(21(27)18(11-15)22(2,3)4)14-25-8-9-26-20-13-17-12-19(23(17,5)6)24(20,7)28/h10-11,14,17,19,27-28H,8-9,12-13H2,1-7H3/t17-,19-,24-/m1/s1. The lowest BCUT2D eigenvalue weighted by Gasteiger charge is -2.62. The van der Waals surface area contributed by atoms with Crippen molar-refractivity contribution in [1.82, 2.24) is 0 Å². The molecule has 4 heteroatoms. The van der Waals surface area contributed by atoms with Crippen LogP contribution in [0.25, 0.3) is 0 Å². The van der Waals surface area contributed by atoms with Gasteiger partial charge in [0.25, 0.3) is 0 Å². The fourth-order valence-corrected chi connectivity index (χ4v) is 5.06. The first-order chi connectivity index (χ1) is 12.8. The molecule has 0 aromatic heterocycles. The highest BCUT2D eigenvalue weighted by Gasteiger charge is 2.61. The third-order valence-corrected chi connectivity index (χ3v) is 7.03. The Morgan fingerprint density at radius 3 is 2.43 bits per heavy atom. The third kappa shape index (κ3) is 3.63. The maximum Gasteiger partial charge on any atom is 0.128 e. The molecular formula is C24H36N2O2. The van der Waals surface area contributed by atoms with Gasteiger partial charge in [-0.3, -0.25) is 9.98 Å². The summed E-state index contributed by atoms with van der Waals surface area (Å²) in [6, 6.07) is 4.00. The molecule has 0 spiro atoms. The number of rotatable bonds is 4. The molecule has 0 unspecified atom stereocenters. The van der Waals surface area contributed by atoms with Gasteiger partial charge >= 0.3 is 0 Å². The summed E-state index contributed by atoms with van der Waals surface area (Å²) in [6.45, 7) is 15.9. The molecule has 3 aliphatic rings. The quantitative estimate of drug-likeness (QED) is 0.585. The zero-order valence-electron chi connectivity index (χ0n) is 18.5. The van der Waals surface area contributed by atoms with Crippen molar-refractivity contribution in [2.75, 3.05) is 13.1 Å². The molecule has 4 nitrogen and oxygen atoms in total. The van der Waals surface area contributed by atoms with Crippen molar-refractivity contribution >= 4 is 11.9 Å². The van der Waals surface area contributed by atoms with Gasteiger partial charge < -0.3 is 10.2 Å². The first kappa shape index (κ1) is 21.0. The summed E-state index contributed by atoms with van der Waals surface area (Å²) in [5, 5.41) is 21.6. The lowest BCUT2D eigenvalue weighted by molar-refractivity contribution is -0.134. The number of aryl methyl sites for hydroxylation is 1. The number of aliphatic hydroxyl groups is 1. The van der Waals surface area contributed by atoms with Crippen molar-refractivity contribution in [2.24, 2.45) is 27.2 Å². The summed E-state index contributed by atoms with van der Waals surface area (Å²) in [5.41, 5.74) is 3.05. The van der Waals surface area contributed by atoms with Crippen molar-refractivity contribution in [3.05, 3.63) is 28.8 Å². The summed E-state index contributed by atoms with van der Waals surface area (Å²) in [4.78, 5) is 9.18. The minimum absolute atomic E-state index is 0.119. The first-order valence-electron chi connectivity index (χ1n) is 10.4. The van der Waals surface area contributed by atoms with Crippen LogP contribution in [0.5, 0.6) is 5.75 Å². The summed E-state index contributed by atoms with van der Waals surface area (Å²) in [6.07, 6.45) is 3.76. The van der Waals surface area contributed by atoms with Gasteiger partial charge in [0, 0.05) is 23.1 Å². The monoisotopic (exact) mass is 384 g/mol. The zero-order chi connectivity index (χ0) is 20.9. The summed E-state index contributed by atoms with van der Waals surface area (Å²) in [7, 11) is 0. The predicted octanol–water partition coefficient (Wildman–Crippen LogP) is 4.68. The Hall–Kier alpha value is -1.68. The molecule has 2 bridgehead atoms. The van der Waals surface area contributed by atoms with Crippen molar-refractivity contribution in [3.8, 4) is 5.75 Å². The molecular weight excluding hydrogens is 348 g/mol. The second-order valence-electron chi connectivity index (χ2n) is 10.5. The van der Waals surface area contributed by atoms with Gasteiger partial charge in [0.2, 0.25) is 0 Å². The molecule has 0 amide bonds. The van der Waals surface area contributed by atoms with Crippen molar-refractivity contribution in [1.29, 1.82) is 0 Å². The fraction of sp³-hybridized carbons (Fsp3) is 0.667. The largest absolute Gasteiger partial charge is 0.507 e.